The van der Waals surface area contributed by atoms with Gasteiger partial charge in [-0.3, -0.25) is 0 Å². The van der Waals surface area contributed by atoms with Crippen LogP contribution in [0, 0.1) is 0 Å². The maximum atomic E-state index is 5.20. The van der Waals surface area contributed by atoms with Gasteiger partial charge in [0, 0.05) is 30.9 Å². The van der Waals surface area contributed by atoms with E-state index in [1.54, 1.807) is 19.6 Å². The summed E-state index contributed by atoms with van der Waals surface area (Å²) in [6.07, 6.45) is 5.25. The molecule has 0 N–H and O–H groups in total. The van der Waals surface area contributed by atoms with Gasteiger partial charge in [0.2, 0.25) is 0 Å². The topological polar surface area (TPSA) is 52.8 Å². The van der Waals surface area contributed by atoms with Gasteiger partial charge in [-0.2, -0.15) is 0 Å². The standard InChI is InChI=1S/C13H12N4OS/c1-17-6-5-14-13(17)19-12-10-4-3-9(18-2)7-11(10)15-8-16-12/h3-8H,1-2H3. The van der Waals surface area contributed by atoms with Crippen molar-refractivity contribution in [3.63, 3.8) is 0 Å². The highest BCUT2D eigenvalue weighted by Crippen LogP contribution is 2.30. The SMILES string of the molecule is COc1ccc2c(Sc3nccn3C)ncnc2c1. The van der Waals surface area contributed by atoms with Crippen molar-refractivity contribution in [2.24, 2.45) is 7.05 Å². The Labute approximate surface area is 114 Å². The lowest BCUT2D eigenvalue weighted by Crippen LogP contribution is -1.92. The van der Waals surface area contributed by atoms with E-state index in [-0.39, 0.29) is 0 Å². The molecule has 3 aromatic rings. The Balaban J connectivity index is 2.06. The van der Waals surface area contributed by atoms with Crippen molar-refractivity contribution in [3.8, 4) is 5.75 Å². The molecule has 0 radical (unpaired) electrons. The smallest absolute Gasteiger partial charge is 0.174 e. The predicted octanol–water partition coefficient (Wildman–Crippen LogP) is 2.52. The first-order valence-corrected chi connectivity index (χ1v) is 6.53. The van der Waals surface area contributed by atoms with E-state index in [1.165, 1.54) is 11.8 Å². The van der Waals surface area contributed by atoms with Crippen LogP contribution in [-0.4, -0.2) is 26.6 Å². The molecule has 2 aromatic heterocycles. The maximum Gasteiger partial charge on any atom is 0.174 e. The number of methoxy groups -OCH3 is 1. The first-order valence-electron chi connectivity index (χ1n) is 5.72. The first kappa shape index (κ1) is 12.0. The van der Waals surface area contributed by atoms with Crippen molar-refractivity contribution in [1.82, 2.24) is 19.5 Å². The summed E-state index contributed by atoms with van der Waals surface area (Å²) in [5.41, 5.74) is 0.867. The van der Waals surface area contributed by atoms with E-state index in [2.05, 4.69) is 15.0 Å². The molecule has 0 saturated heterocycles. The number of fused-ring (bicyclic) bond motifs is 1. The molecular weight excluding hydrogens is 260 g/mol. The van der Waals surface area contributed by atoms with E-state index in [1.807, 2.05) is 36.0 Å². The first-order chi connectivity index (χ1) is 9.28. The lowest BCUT2D eigenvalue weighted by molar-refractivity contribution is 0.415. The minimum absolute atomic E-state index is 0.791. The van der Waals surface area contributed by atoms with E-state index in [9.17, 15) is 0 Å². The third-order valence-electron chi connectivity index (χ3n) is 2.77. The number of rotatable bonds is 3. The van der Waals surface area contributed by atoms with Gasteiger partial charge < -0.3 is 9.30 Å². The van der Waals surface area contributed by atoms with Crippen LogP contribution in [0.5, 0.6) is 5.75 Å². The summed E-state index contributed by atoms with van der Waals surface area (Å²) >= 11 is 1.52. The zero-order valence-electron chi connectivity index (χ0n) is 10.6. The van der Waals surface area contributed by atoms with Crippen LogP contribution in [0.25, 0.3) is 10.9 Å². The Morgan fingerprint density at radius 1 is 1.21 bits per heavy atom. The van der Waals surface area contributed by atoms with Crippen LogP contribution in [0.2, 0.25) is 0 Å². The fraction of sp³-hybridized carbons (Fsp3) is 0.154. The number of ether oxygens (including phenoxy) is 1. The van der Waals surface area contributed by atoms with Gasteiger partial charge in [-0.15, -0.1) is 0 Å². The van der Waals surface area contributed by atoms with Gasteiger partial charge in [-0.1, -0.05) is 0 Å². The van der Waals surface area contributed by atoms with Crippen LogP contribution >= 0.6 is 11.8 Å². The van der Waals surface area contributed by atoms with E-state index in [0.717, 1.165) is 26.8 Å². The summed E-state index contributed by atoms with van der Waals surface area (Å²) in [4.78, 5) is 12.9. The lowest BCUT2D eigenvalue weighted by atomic mass is 10.2. The Hall–Kier alpha value is -2.08. The van der Waals surface area contributed by atoms with Crippen molar-refractivity contribution < 1.29 is 4.74 Å². The zero-order valence-corrected chi connectivity index (χ0v) is 11.4. The van der Waals surface area contributed by atoms with Gasteiger partial charge in [0.05, 0.1) is 12.6 Å². The van der Waals surface area contributed by atoms with Crippen molar-refractivity contribution >= 4 is 22.7 Å². The molecule has 6 heteroatoms. The summed E-state index contributed by atoms with van der Waals surface area (Å²) < 4.78 is 7.16. The van der Waals surface area contributed by atoms with Gasteiger partial charge in [0.1, 0.15) is 17.1 Å². The predicted molar refractivity (Wildman–Crippen MR) is 73.4 cm³/mol. The molecule has 0 saturated carbocycles. The highest BCUT2D eigenvalue weighted by molar-refractivity contribution is 7.99. The van der Waals surface area contributed by atoms with Crippen molar-refractivity contribution in [2.75, 3.05) is 7.11 Å². The molecule has 0 bridgehead atoms. The monoisotopic (exact) mass is 272 g/mol. The second-order valence-corrected chi connectivity index (χ2v) is 4.94. The van der Waals surface area contributed by atoms with E-state index in [0.29, 0.717) is 0 Å². The minimum Gasteiger partial charge on any atom is -0.497 e. The number of imidazole rings is 1. The van der Waals surface area contributed by atoms with Gasteiger partial charge >= 0.3 is 0 Å². The molecule has 0 amide bonds. The fourth-order valence-electron chi connectivity index (χ4n) is 1.76. The van der Waals surface area contributed by atoms with Crippen molar-refractivity contribution in [1.29, 1.82) is 0 Å². The molecule has 19 heavy (non-hydrogen) atoms. The van der Waals surface area contributed by atoms with Crippen LogP contribution in [0.1, 0.15) is 0 Å². The van der Waals surface area contributed by atoms with Crippen molar-refractivity contribution in [2.45, 2.75) is 10.2 Å². The zero-order chi connectivity index (χ0) is 13.2. The van der Waals surface area contributed by atoms with Crippen LogP contribution in [0.3, 0.4) is 0 Å². The number of benzene rings is 1. The third-order valence-corrected chi connectivity index (χ3v) is 3.87. The van der Waals surface area contributed by atoms with E-state index < -0.39 is 0 Å². The third kappa shape index (κ3) is 2.26. The molecule has 96 valence electrons. The summed E-state index contributed by atoms with van der Waals surface area (Å²) in [5.74, 6) is 0.791. The molecule has 3 rings (SSSR count). The molecule has 0 aliphatic rings. The largest absolute Gasteiger partial charge is 0.497 e. The normalized spacial score (nSPS) is 10.8. The van der Waals surface area contributed by atoms with Crippen LogP contribution in [0.15, 0.2) is 47.1 Å². The highest BCUT2D eigenvalue weighted by Gasteiger charge is 2.09. The Morgan fingerprint density at radius 2 is 2.11 bits per heavy atom. The Bertz CT molecular complexity index is 725. The average Bonchev–Trinajstić information content (AvgIpc) is 2.84. The summed E-state index contributed by atoms with van der Waals surface area (Å²) in [6.45, 7) is 0. The van der Waals surface area contributed by atoms with Gasteiger partial charge in [0.15, 0.2) is 5.16 Å². The molecule has 0 atom stereocenters. The fourth-order valence-corrected chi connectivity index (χ4v) is 2.63. The van der Waals surface area contributed by atoms with Crippen LogP contribution < -0.4 is 4.74 Å². The molecule has 0 unspecified atom stereocenters. The minimum atomic E-state index is 0.791. The molecule has 0 aliphatic carbocycles. The molecule has 0 aliphatic heterocycles. The molecule has 1 aromatic carbocycles. The van der Waals surface area contributed by atoms with Gasteiger partial charge in [-0.05, 0) is 23.9 Å². The molecule has 0 fully saturated rings. The summed E-state index contributed by atoms with van der Waals surface area (Å²) in [6, 6.07) is 5.78. The van der Waals surface area contributed by atoms with Crippen molar-refractivity contribution in [3.05, 3.63) is 36.9 Å². The van der Waals surface area contributed by atoms with E-state index in [4.69, 9.17) is 4.74 Å². The number of aromatic nitrogens is 4. The highest BCUT2D eigenvalue weighted by atomic mass is 32.2. The second-order valence-electron chi connectivity index (χ2n) is 3.98. The van der Waals surface area contributed by atoms with Crippen LogP contribution in [-0.2, 0) is 7.05 Å². The number of hydrogen-bond acceptors (Lipinski definition) is 5. The lowest BCUT2D eigenvalue weighted by Gasteiger charge is -2.06. The van der Waals surface area contributed by atoms with Crippen LogP contribution in [0.4, 0.5) is 0 Å². The molecular formula is C13H12N4OS. The van der Waals surface area contributed by atoms with E-state index >= 15 is 0 Å². The molecule has 5 nitrogen and oxygen atoms in total. The number of hydrogen-bond donors (Lipinski definition) is 0. The Kier molecular flexibility index (Phi) is 3.08. The summed E-state index contributed by atoms with van der Waals surface area (Å²) in [5, 5.41) is 2.79. The molecule has 0 spiro atoms. The average molecular weight is 272 g/mol. The van der Waals surface area contributed by atoms with Gasteiger partial charge in [0.25, 0.3) is 0 Å². The Morgan fingerprint density at radius 3 is 2.84 bits per heavy atom. The number of aryl methyl sites for hydroxylation is 1. The maximum absolute atomic E-state index is 5.20. The second kappa shape index (κ2) is 4.89. The summed E-state index contributed by atoms with van der Waals surface area (Å²) in [7, 11) is 3.60. The van der Waals surface area contributed by atoms with Gasteiger partial charge in [-0.25, -0.2) is 15.0 Å². The number of nitrogens with zero attached hydrogens (tertiary/aromatic N) is 4. The quantitative estimate of drug-likeness (QED) is 0.686. The molecule has 2 heterocycles.